The van der Waals surface area contributed by atoms with E-state index in [-0.39, 0.29) is 36.6 Å². The van der Waals surface area contributed by atoms with Crippen molar-refractivity contribution in [2.24, 2.45) is 0 Å². The highest BCUT2D eigenvalue weighted by Gasteiger charge is 2.23. The van der Waals surface area contributed by atoms with Crippen molar-refractivity contribution in [2.45, 2.75) is 39.4 Å². The van der Waals surface area contributed by atoms with Crippen LogP contribution in [0.4, 0.5) is 0 Å². The van der Waals surface area contributed by atoms with Crippen LogP contribution in [0.1, 0.15) is 25.0 Å². The Morgan fingerprint density at radius 2 is 1.75 bits per heavy atom. The Hall–Kier alpha value is -2.58. The van der Waals surface area contributed by atoms with Gasteiger partial charge in [0, 0.05) is 18.5 Å². The van der Waals surface area contributed by atoms with Crippen LogP contribution in [0.15, 0.2) is 21.3 Å². The van der Waals surface area contributed by atoms with Gasteiger partial charge in [0.15, 0.2) is 11.3 Å². The van der Waals surface area contributed by atoms with Gasteiger partial charge in [-0.2, -0.15) is 0 Å². The van der Waals surface area contributed by atoms with Crippen LogP contribution in [-0.4, -0.2) is 60.5 Å². The summed E-state index contributed by atoms with van der Waals surface area (Å²) >= 11 is 0. The highest BCUT2D eigenvalue weighted by Crippen LogP contribution is 2.36. The number of benzene rings is 1. The summed E-state index contributed by atoms with van der Waals surface area (Å²) in [5.74, 6) is 0.362. The molecule has 2 rings (SSSR count). The van der Waals surface area contributed by atoms with Gasteiger partial charge < -0.3 is 29.0 Å². The van der Waals surface area contributed by atoms with Crippen molar-refractivity contribution in [3.05, 3.63) is 33.7 Å². The van der Waals surface area contributed by atoms with Gasteiger partial charge in [0.25, 0.3) is 0 Å². The van der Waals surface area contributed by atoms with E-state index in [9.17, 15) is 19.8 Å². The van der Waals surface area contributed by atoms with E-state index in [1.807, 2.05) is 0 Å². The quantitative estimate of drug-likeness (QED) is 0.650. The van der Waals surface area contributed by atoms with E-state index < -0.39 is 17.8 Å². The average Bonchev–Trinajstić information content (AvgIpc) is 2.62. The Bertz CT molecular complexity index is 892. The molecular weight excluding hydrogens is 366 g/mol. The van der Waals surface area contributed by atoms with Gasteiger partial charge in [-0.15, -0.1) is 0 Å². The van der Waals surface area contributed by atoms with Crippen LogP contribution >= 0.6 is 0 Å². The molecule has 0 spiro atoms. The van der Waals surface area contributed by atoms with Gasteiger partial charge in [0.05, 0.1) is 38.4 Å². The molecule has 0 saturated carbocycles. The molecular formula is C20H27NO7. The zero-order valence-corrected chi connectivity index (χ0v) is 16.8. The van der Waals surface area contributed by atoms with E-state index in [0.717, 1.165) is 0 Å². The number of aliphatic hydroxyl groups excluding tert-OH is 2. The van der Waals surface area contributed by atoms with Gasteiger partial charge in [0.2, 0.25) is 11.7 Å². The first kappa shape index (κ1) is 21.7. The number of aliphatic hydroxyl groups is 2. The van der Waals surface area contributed by atoms with Crippen molar-refractivity contribution in [2.75, 3.05) is 27.3 Å². The van der Waals surface area contributed by atoms with Gasteiger partial charge in [-0.1, -0.05) is 0 Å². The summed E-state index contributed by atoms with van der Waals surface area (Å²) in [5, 5.41) is 19.9. The molecule has 0 radical (unpaired) electrons. The summed E-state index contributed by atoms with van der Waals surface area (Å²) in [7, 11) is 2.94. The molecule has 0 aliphatic rings. The Morgan fingerprint density at radius 3 is 2.25 bits per heavy atom. The number of methoxy groups -OCH3 is 2. The van der Waals surface area contributed by atoms with Gasteiger partial charge in [-0.3, -0.25) is 4.79 Å². The minimum absolute atomic E-state index is 0.0622. The van der Waals surface area contributed by atoms with E-state index >= 15 is 0 Å². The third-order valence-corrected chi connectivity index (χ3v) is 4.45. The molecule has 2 aromatic rings. The maximum atomic E-state index is 12.7. The normalized spacial score (nSPS) is 13.2. The zero-order chi connectivity index (χ0) is 21.0. The highest BCUT2D eigenvalue weighted by atomic mass is 16.5. The Kier molecular flexibility index (Phi) is 7.04. The van der Waals surface area contributed by atoms with Gasteiger partial charge in [-0.05, 0) is 38.5 Å². The number of fused-ring (bicyclic) bond motifs is 1. The van der Waals surface area contributed by atoms with Crippen molar-refractivity contribution < 1.29 is 28.9 Å². The van der Waals surface area contributed by atoms with Crippen molar-refractivity contribution >= 4 is 16.9 Å². The summed E-state index contributed by atoms with van der Waals surface area (Å²) in [5.41, 5.74) is 0.449. The summed E-state index contributed by atoms with van der Waals surface area (Å²) in [6.45, 7) is 4.97. The molecule has 0 aliphatic carbocycles. The number of amides is 1. The van der Waals surface area contributed by atoms with Crippen molar-refractivity contribution in [1.82, 2.24) is 4.90 Å². The van der Waals surface area contributed by atoms with Gasteiger partial charge in [0.1, 0.15) is 0 Å². The predicted molar refractivity (Wildman–Crippen MR) is 104 cm³/mol. The number of aryl methyl sites for hydroxylation is 1. The largest absolute Gasteiger partial charge is 0.493 e. The first-order chi connectivity index (χ1) is 13.2. The second kappa shape index (κ2) is 9.07. The van der Waals surface area contributed by atoms with Crippen LogP contribution in [0.2, 0.25) is 0 Å². The third-order valence-electron chi connectivity index (χ3n) is 4.45. The van der Waals surface area contributed by atoms with E-state index in [0.29, 0.717) is 22.4 Å². The Labute approximate surface area is 163 Å². The van der Waals surface area contributed by atoms with Crippen LogP contribution < -0.4 is 15.1 Å². The molecule has 0 unspecified atom stereocenters. The molecule has 0 bridgehead atoms. The number of hydrogen-bond acceptors (Lipinski definition) is 7. The summed E-state index contributed by atoms with van der Waals surface area (Å²) in [6, 6.07) is 3.44. The summed E-state index contributed by atoms with van der Waals surface area (Å²) in [4.78, 5) is 26.7. The minimum atomic E-state index is -0.756. The first-order valence-electron chi connectivity index (χ1n) is 9.00. The van der Waals surface area contributed by atoms with Gasteiger partial charge in [-0.25, -0.2) is 4.79 Å². The second-order valence-electron chi connectivity index (χ2n) is 6.84. The van der Waals surface area contributed by atoms with Crippen LogP contribution in [0, 0.1) is 6.92 Å². The molecule has 2 N–H and O–H groups in total. The van der Waals surface area contributed by atoms with Crippen LogP contribution in [0.3, 0.4) is 0 Å². The maximum Gasteiger partial charge on any atom is 0.340 e. The molecule has 1 amide bonds. The molecule has 1 aromatic carbocycles. The third kappa shape index (κ3) is 4.63. The van der Waals surface area contributed by atoms with E-state index in [2.05, 4.69) is 0 Å². The molecule has 2 atom stereocenters. The molecule has 1 aromatic heterocycles. The van der Waals surface area contributed by atoms with Crippen LogP contribution in [0.25, 0.3) is 11.0 Å². The number of hydrogen-bond donors (Lipinski definition) is 2. The fourth-order valence-corrected chi connectivity index (χ4v) is 3.15. The topological polar surface area (TPSA) is 109 Å². The number of carbonyl (C=O) groups excluding carboxylic acids is 1. The summed E-state index contributed by atoms with van der Waals surface area (Å²) in [6.07, 6.45) is -1.71. The Balaban J connectivity index is 2.47. The monoisotopic (exact) mass is 393 g/mol. The number of rotatable bonds is 8. The summed E-state index contributed by atoms with van der Waals surface area (Å²) < 4.78 is 16.0. The van der Waals surface area contributed by atoms with E-state index in [4.69, 9.17) is 13.9 Å². The zero-order valence-electron chi connectivity index (χ0n) is 16.8. The number of nitrogens with zero attached hydrogens (tertiary/aromatic N) is 1. The lowest BCUT2D eigenvalue weighted by Gasteiger charge is -2.25. The van der Waals surface area contributed by atoms with E-state index in [1.165, 1.54) is 19.1 Å². The fourth-order valence-electron chi connectivity index (χ4n) is 3.15. The molecule has 8 heteroatoms. The highest BCUT2D eigenvalue weighted by molar-refractivity contribution is 5.89. The number of carbonyl (C=O) groups is 1. The first-order valence-corrected chi connectivity index (χ1v) is 9.00. The van der Waals surface area contributed by atoms with E-state index in [1.54, 1.807) is 32.9 Å². The van der Waals surface area contributed by atoms with Crippen LogP contribution in [-0.2, 0) is 11.2 Å². The Morgan fingerprint density at radius 1 is 1.14 bits per heavy atom. The van der Waals surface area contributed by atoms with Crippen LogP contribution in [0.5, 0.6) is 11.5 Å². The predicted octanol–water partition coefficient (Wildman–Crippen LogP) is 1.25. The molecule has 28 heavy (non-hydrogen) atoms. The standard InChI is InChI=1S/C20H27NO7/c1-11(22)9-21(10-12(2)23)17(24)8-15-13(3)14-6-7-16(26-4)19(27-5)18(14)28-20(15)25/h6-7,11-12,22-23H,8-10H2,1-5H3/t11-,12-/m1/s1. The number of ether oxygens (including phenoxy) is 2. The second-order valence-corrected chi connectivity index (χ2v) is 6.84. The van der Waals surface area contributed by atoms with Gasteiger partial charge >= 0.3 is 5.63 Å². The molecule has 154 valence electrons. The lowest BCUT2D eigenvalue weighted by atomic mass is 10.0. The SMILES string of the molecule is COc1ccc2c(C)c(CC(=O)N(C[C@@H](C)O)C[C@@H](C)O)c(=O)oc2c1OC. The molecule has 1 heterocycles. The lowest BCUT2D eigenvalue weighted by Crippen LogP contribution is -2.42. The van der Waals surface area contributed by atoms with Crippen molar-refractivity contribution in [3.63, 3.8) is 0 Å². The average molecular weight is 393 g/mol. The fraction of sp³-hybridized carbons (Fsp3) is 0.500. The van der Waals surface area contributed by atoms with Crippen molar-refractivity contribution in [1.29, 1.82) is 0 Å². The minimum Gasteiger partial charge on any atom is -0.493 e. The molecule has 0 fully saturated rings. The molecule has 0 aliphatic heterocycles. The smallest absolute Gasteiger partial charge is 0.340 e. The maximum absolute atomic E-state index is 12.7. The molecule has 0 saturated heterocycles. The lowest BCUT2D eigenvalue weighted by molar-refractivity contribution is -0.133. The molecule has 8 nitrogen and oxygen atoms in total. The van der Waals surface area contributed by atoms with Crippen molar-refractivity contribution in [3.8, 4) is 11.5 Å².